The molecule has 0 saturated carbocycles. The molecule has 5 amide bonds. The van der Waals surface area contributed by atoms with Crippen molar-refractivity contribution in [1.82, 2.24) is 40.0 Å². The van der Waals surface area contributed by atoms with E-state index in [4.69, 9.17) is 9.97 Å². The zero-order valence-corrected chi connectivity index (χ0v) is 31.4. The zero-order chi connectivity index (χ0) is 39.1. The van der Waals surface area contributed by atoms with Crippen LogP contribution in [0.2, 0.25) is 0 Å². The summed E-state index contributed by atoms with van der Waals surface area (Å²) < 4.78 is 2.13. The molecule has 0 aliphatic carbocycles. The van der Waals surface area contributed by atoms with Crippen LogP contribution in [0.4, 0.5) is 0 Å². The minimum absolute atomic E-state index is 0.111. The summed E-state index contributed by atoms with van der Waals surface area (Å²) in [6.07, 6.45) is 5.76. The fourth-order valence-electron chi connectivity index (χ4n) is 7.93. The van der Waals surface area contributed by atoms with Gasteiger partial charge in [0.15, 0.2) is 0 Å². The van der Waals surface area contributed by atoms with Crippen molar-refractivity contribution in [3.63, 3.8) is 0 Å². The highest BCUT2D eigenvalue weighted by molar-refractivity contribution is 6.05. The number of aryl methyl sites for hydroxylation is 1. The summed E-state index contributed by atoms with van der Waals surface area (Å²) >= 11 is 0. The summed E-state index contributed by atoms with van der Waals surface area (Å²) in [5.74, 6) is 5.86. The van der Waals surface area contributed by atoms with Crippen LogP contribution in [-0.4, -0.2) is 78.5 Å². The van der Waals surface area contributed by atoms with Crippen molar-refractivity contribution in [2.45, 2.75) is 71.1 Å². The monoisotopic (exact) mass is 748 g/mol. The topological polar surface area (TPSA) is 159 Å². The number of fused-ring (bicyclic) bond motifs is 3. The van der Waals surface area contributed by atoms with E-state index in [9.17, 15) is 24.0 Å². The van der Waals surface area contributed by atoms with Crippen molar-refractivity contribution in [3.05, 3.63) is 101 Å². The molecule has 3 aliphatic rings. The number of likely N-dealkylation sites (N-methyl/N-ethyl adjacent to an activating group) is 1. The maximum atomic E-state index is 13.1. The SMILES string of the molecule is CCc1nc(-c2cccc3cc(-c4ccc(C(=O)NCCC#Cc5cccc6c5CN(C5CCC(=O)NC5=O)C6=O)nc4)ncc23)c2n1C(CC)C(=O)N(C)C2. The lowest BCUT2D eigenvalue weighted by Crippen LogP contribution is -2.52. The first-order valence-corrected chi connectivity index (χ1v) is 18.9. The van der Waals surface area contributed by atoms with E-state index in [-0.39, 0.29) is 48.3 Å². The van der Waals surface area contributed by atoms with Crippen molar-refractivity contribution < 1.29 is 24.0 Å². The summed E-state index contributed by atoms with van der Waals surface area (Å²) in [6.45, 7) is 5.13. The number of piperidine rings is 1. The van der Waals surface area contributed by atoms with Gasteiger partial charge in [-0.25, -0.2) is 4.98 Å². The number of amides is 5. The third-order valence-electron chi connectivity index (χ3n) is 10.8. The Labute approximate surface area is 323 Å². The molecule has 1 fully saturated rings. The number of rotatable bonds is 8. The van der Waals surface area contributed by atoms with E-state index >= 15 is 0 Å². The predicted molar refractivity (Wildman–Crippen MR) is 208 cm³/mol. The van der Waals surface area contributed by atoms with Gasteiger partial charge in [0, 0.05) is 79.4 Å². The van der Waals surface area contributed by atoms with E-state index in [1.54, 1.807) is 29.3 Å². The number of hydrogen-bond acceptors (Lipinski definition) is 8. The van der Waals surface area contributed by atoms with E-state index in [0.717, 1.165) is 56.8 Å². The largest absolute Gasteiger partial charge is 0.350 e. The highest BCUT2D eigenvalue weighted by Crippen LogP contribution is 2.37. The van der Waals surface area contributed by atoms with Gasteiger partial charge in [0.1, 0.15) is 23.6 Å². The van der Waals surface area contributed by atoms with Gasteiger partial charge in [-0.2, -0.15) is 0 Å². The number of pyridine rings is 2. The van der Waals surface area contributed by atoms with Crippen molar-refractivity contribution in [3.8, 4) is 34.4 Å². The molecule has 6 heterocycles. The minimum Gasteiger partial charge on any atom is -0.350 e. The Hall–Kier alpha value is -6.68. The van der Waals surface area contributed by atoms with Gasteiger partial charge in [-0.15, -0.1) is 0 Å². The highest BCUT2D eigenvalue weighted by atomic mass is 16.2. The molecule has 2 aromatic carbocycles. The Morgan fingerprint density at radius 1 is 0.982 bits per heavy atom. The van der Waals surface area contributed by atoms with Gasteiger partial charge >= 0.3 is 0 Å². The molecule has 0 spiro atoms. The van der Waals surface area contributed by atoms with Gasteiger partial charge in [0.2, 0.25) is 17.7 Å². The average Bonchev–Trinajstić information content (AvgIpc) is 3.74. The molecule has 5 aromatic rings. The van der Waals surface area contributed by atoms with Crippen molar-refractivity contribution in [2.24, 2.45) is 0 Å². The third kappa shape index (κ3) is 6.46. The molecule has 0 radical (unpaired) electrons. The van der Waals surface area contributed by atoms with Crippen LogP contribution >= 0.6 is 0 Å². The average molecular weight is 749 g/mol. The molecule has 56 heavy (non-hydrogen) atoms. The second-order valence-corrected chi connectivity index (χ2v) is 14.2. The van der Waals surface area contributed by atoms with Crippen LogP contribution in [0.1, 0.15) is 89.1 Å². The van der Waals surface area contributed by atoms with E-state index in [0.29, 0.717) is 43.5 Å². The van der Waals surface area contributed by atoms with E-state index in [1.165, 1.54) is 4.90 Å². The summed E-state index contributed by atoms with van der Waals surface area (Å²) in [6, 6.07) is 16.0. The Morgan fingerprint density at radius 2 is 1.80 bits per heavy atom. The number of nitrogens with zero attached hydrogens (tertiary/aromatic N) is 6. The van der Waals surface area contributed by atoms with Gasteiger partial charge in [0.25, 0.3) is 11.8 Å². The fourth-order valence-corrected chi connectivity index (χ4v) is 7.93. The van der Waals surface area contributed by atoms with Gasteiger partial charge in [0.05, 0.1) is 23.6 Å². The van der Waals surface area contributed by atoms with E-state index < -0.39 is 11.9 Å². The Bertz CT molecular complexity index is 2510. The molecule has 3 aromatic heterocycles. The molecule has 2 N–H and O–H groups in total. The molecule has 0 bridgehead atoms. The van der Waals surface area contributed by atoms with Gasteiger partial charge in [-0.05, 0) is 54.1 Å². The molecule has 1 saturated heterocycles. The molecule has 3 aliphatic heterocycles. The molecule has 13 heteroatoms. The van der Waals surface area contributed by atoms with E-state index in [2.05, 4.69) is 45.0 Å². The maximum Gasteiger partial charge on any atom is 0.269 e. The van der Waals surface area contributed by atoms with Crippen LogP contribution in [0.3, 0.4) is 0 Å². The molecule has 2 unspecified atom stereocenters. The summed E-state index contributed by atoms with van der Waals surface area (Å²) in [7, 11) is 1.84. The first kappa shape index (κ1) is 36.3. The number of carbonyl (C=O) groups is 5. The molecular formula is C43H40N8O5. The Kier molecular flexibility index (Phi) is 9.64. The van der Waals surface area contributed by atoms with E-state index in [1.807, 2.05) is 50.5 Å². The number of imide groups is 1. The number of nitrogens with one attached hydrogen (secondary N) is 2. The number of imidazole rings is 1. The van der Waals surface area contributed by atoms with Crippen molar-refractivity contribution in [1.29, 1.82) is 0 Å². The van der Waals surface area contributed by atoms with Crippen LogP contribution < -0.4 is 10.6 Å². The highest BCUT2D eigenvalue weighted by Gasteiger charge is 2.40. The normalized spacial score (nSPS) is 17.7. The maximum absolute atomic E-state index is 13.1. The summed E-state index contributed by atoms with van der Waals surface area (Å²) in [5.41, 5.74) is 6.58. The molecular weight excluding hydrogens is 709 g/mol. The Morgan fingerprint density at radius 3 is 2.57 bits per heavy atom. The van der Waals surface area contributed by atoms with Gasteiger partial charge in [-0.3, -0.25) is 39.3 Å². The number of carbonyl (C=O) groups excluding carboxylic acids is 5. The van der Waals surface area contributed by atoms with Crippen LogP contribution in [-0.2, 0) is 33.9 Å². The molecule has 282 valence electrons. The second kappa shape index (κ2) is 14.9. The third-order valence-corrected chi connectivity index (χ3v) is 10.8. The smallest absolute Gasteiger partial charge is 0.269 e. The molecule has 13 nitrogen and oxygen atoms in total. The minimum atomic E-state index is -0.691. The molecule has 8 rings (SSSR count). The van der Waals surface area contributed by atoms with Crippen LogP contribution in [0.15, 0.2) is 67.0 Å². The lowest BCUT2D eigenvalue weighted by atomic mass is 10.00. The van der Waals surface area contributed by atoms with Gasteiger partial charge < -0.3 is 19.7 Å². The van der Waals surface area contributed by atoms with Crippen LogP contribution in [0.5, 0.6) is 0 Å². The van der Waals surface area contributed by atoms with Crippen LogP contribution in [0, 0.1) is 11.8 Å². The number of aromatic nitrogens is 4. The summed E-state index contributed by atoms with van der Waals surface area (Å²) in [5, 5.41) is 7.13. The van der Waals surface area contributed by atoms with Crippen molar-refractivity contribution >= 4 is 40.3 Å². The molecule has 2 atom stereocenters. The first-order chi connectivity index (χ1) is 27.2. The zero-order valence-electron chi connectivity index (χ0n) is 31.4. The summed E-state index contributed by atoms with van der Waals surface area (Å²) in [4.78, 5) is 80.6. The number of benzene rings is 2. The lowest BCUT2D eigenvalue weighted by Gasteiger charge is -2.32. The van der Waals surface area contributed by atoms with Gasteiger partial charge in [-0.1, -0.05) is 50.0 Å². The second-order valence-electron chi connectivity index (χ2n) is 14.2. The first-order valence-electron chi connectivity index (χ1n) is 18.9. The number of hydrogen-bond donors (Lipinski definition) is 2. The standard InChI is InChI=1S/C43H40N8O5/c1-4-34-43(56)49(3)24-36-39(47-37(5-2)51(34)36)28-13-9-12-26-20-33(46-22-30(26)28)27-15-16-32(45-21-27)40(53)44-19-7-6-10-25-11-8-14-29-31(25)23-50(42(29)55)35-17-18-38(52)48-41(35)54/h8-9,11-16,20-22,34-35H,4-5,7,17-19,23-24H2,1-3H3,(H,44,53)(H,48,52,54). The lowest BCUT2D eigenvalue weighted by molar-refractivity contribution is -0.137. The fraction of sp³-hybridized carbons (Fsp3) is 0.302. The Balaban J connectivity index is 0.919. The predicted octanol–water partition coefficient (Wildman–Crippen LogP) is 4.58. The van der Waals surface area contributed by atoms with Crippen molar-refractivity contribution in [2.75, 3.05) is 13.6 Å². The quantitative estimate of drug-likeness (QED) is 0.133. The van der Waals surface area contributed by atoms with Crippen LogP contribution in [0.25, 0.3) is 33.3 Å².